The van der Waals surface area contributed by atoms with Gasteiger partial charge in [-0.1, -0.05) is 12.1 Å². The number of fused-ring (bicyclic) bond motifs is 1. The molecule has 8 heteroatoms. The number of carbonyl (C=O) groups excluding carboxylic acids is 1. The predicted octanol–water partition coefficient (Wildman–Crippen LogP) is 4.28. The molecule has 0 saturated carbocycles. The van der Waals surface area contributed by atoms with E-state index in [0.29, 0.717) is 5.69 Å². The van der Waals surface area contributed by atoms with Gasteiger partial charge in [-0.15, -0.1) is 12.4 Å². The summed E-state index contributed by atoms with van der Waals surface area (Å²) in [4.78, 5) is 12.2. The van der Waals surface area contributed by atoms with E-state index in [0.717, 1.165) is 42.5 Å². The highest BCUT2D eigenvalue weighted by molar-refractivity contribution is 5.85. The van der Waals surface area contributed by atoms with Gasteiger partial charge in [-0.25, -0.2) is 0 Å². The van der Waals surface area contributed by atoms with E-state index in [4.69, 9.17) is 10.5 Å². The quantitative estimate of drug-likeness (QED) is 0.753. The number of aryl methyl sites for hydroxylation is 1. The number of rotatable bonds is 4. The highest BCUT2D eigenvalue weighted by Crippen LogP contribution is 2.32. The van der Waals surface area contributed by atoms with Gasteiger partial charge in [-0.05, 0) is 60.7 Å². The summed E-state index contributed by atoms with van der Waals surface area (Å²) in [6, 6.07) is 9.94. The molecule has 3 rings (SSSR count). The molecule has 1 atom stereocenters. The Bertz CT molecular complexity index is 812. The monoisotopic (exact) mass is 400 g/mol. The maximum atomic E-state index is 12.7. The second kappa shape index (κ2) is 8.52. The third-order valence-electron chi connectivity index (χ3n) is 4.35. The number of ether oxygens (including phenoxy) is 1. The largest absolute Gasteiger partial charge is 0.484 e. The zero-order valence-electron chi connectivity index (χ0n) is 14.4. The maximum Gasteiger partial charge on any atom is 0.416 e. The molecule has 146 valence electrons. The van der Waals surface area contributed by atoms with Crippen LogP contribution in [0.25, 0.3) is 0 Å². The lowest BCUT2D eigenvalue weighted by molar-refractivity contribution is -0.137. The average molecular weight is 401 g/mol. The summed E-state index contributed by atoms with van der Waals surface area (Å²) in [5.74, 6) is -0.371. The van der Waals surface area contributed by atoms with E-state index in [1.807, 2.05) is 12.1 Å². The molecule has 27 heavy (non-hydrogen) atoms. The van der Waals surface area contributed by atoms with Crippen LogP contribution in [-0.2, 0) is 17.4 Å². The molecule has 0 aliphatic heterocycles. The standard InChI is InChI=1S/C19H19F3N2O2.ClH/c20-19(21,22)13-4-2-5-15(10-13)26-11-18(25)24-17-6-1-3-12-9-14(23)7-8-16(12)17;/h2,4-5,7-10,17H,1,3,6,11,23H2,(H,24,25);1H. The van der Waals surface area contributed by atoms with Crippen LogP contribution < -0.4 is 15.8 Å². The molecule has 1 aliphatic rings. The molecule has 0 spiro atoms. The third-order valence-corrected chi connectivity index (χ3v) is 4.35. The molecule has 2 aromatic rings. The first kappa shape index (κ1) is 20.9. The SMILES string of the molecule is Cl.Nc1ccc2c(c1)CCCC2NC(=O)COc1cccc(C(F)(F)F)c1. The number of nitrogen functional groups attached to an aromatic ring is 1. The summed E-state index contributed by atoms with van der Waals surface area (Å²) in [5.41, 5.74) is 7.81. The van der Waals surface area contributed by atoms with Crippen LogP contribution in [0.2, 0.25) is 0 Å². The number of anilines is 1. The second-order valence-electron chi connectivity index (χ2n) is 6.28. The summed E-state index contributed by atoms with van der Waals surface area (Å²) < 4.78 is 43.3. The van der Waals surface area contributed by atoms with Crippen LogP contribution in [0.4, 0.5) is 18.9 Å². The summed E-state index contributed by atoms with van der Waals surface area (Å²) in [7, 11) is 0. The van der Waals surface area contributed by atoms with Crippen LogP contribution in [0, 0.1) is 0 Å². The molecule has 0 heterocycles. The number of nitrogens with one attached hydrogen (secondary N) is 1. The molecule has 2 aromatic carbocycles. The first-order chi connectivity index (χ1) is 12.3. The molecule has 1 amide bonds. The van der Waals surface area contributed by atoms with E-state index in [9.17, 15) is 18.0 Å². The lowest BCUT2D eigenvalue weighted by atomic mass is 9.87. The van der Waals surface area contributed by atoms with Crippen LogP contribution in [0.15, 0.2) is 42.5 Å². The number of amides is 1. The number of hydrogen-bond acceptors (Lipinski definition) is 3. The topological polar surface area (TPSA) is 64.3 Å². The minimum atomic E-state index is -4.45. The van der Waals surface area contributed by atoms with Gasteiger partial charge in [0.05, 0.1) is 11.6 Å². The summed E-state index contributed by atoms with van der Waals surface area (Å²) in [6.07, 6.45) is -1.81. The van der Waals surface area contributed by atoms with Crippen LogP contribution >= 0.6 is 12.4 Å². The van der Waals surface area contributed by atoms with E-state index >= 15 is 0 Å². The van der Waals surface area contributed by atoms with Crippen LogP contribution in [0.3, 0.4) is 0 Å². The van der Waals surface area contributed by atoms with Crippen molar-refractivity contribution in [2.75, 3.05) is 12.3 Å². The Balaban J connectivity index is 0.00000261. The van der Waals surface area contributed by atoms with Gasteiger partial charge in [0, 0.05) is 5.69 Å². The Kier molecular flexibility index (Phi) is 6.59. The van der Waals surface area contributed by atoms with E-state index in [-0.39, 0.29) is 36.7 Å². The molecule has 0 saturated heterocycles. The van der Waals surface area contributed by atoms with Crippen molar-refractivity contribution >= 4 is 24.0 Å². The molecular weight excluding hydrogens is 381 g/mol. The fourth-order valence-corrected chi connectivity index (χ4v) is 3.13. The maximum absolute atomic E-state index is 12.7. The van der Waals surface area contributed by atoms with Gasteiger partial charge in [-0.3, -0.25) is 4.79 Å². The Hall–Kier alpha value is -2.41. The van der Waals surface area contributed by atoms with Gasteiger partial charge in [-0.2, -0.15) is 13.2 Å². The van der Waals surface area contributed by atoms with Crippen LogP contribution in [0.5, 0.6) is 5.75 Å². The van der Waals surface area contributed by atoms with Crippen molar-refractivity contribution in [3.63, 3.8) is 0 Å². The van der Waals surface area contributed by atoms with Crippen molar-refractivity contribution in [1.29, 1.82) is 0 Å². The fourth-order valence-electron chi connectivity index (χ4n) is 3.13. The Morgan fingerprint density at radius 1 is 1.22 bits per heavy atom. The lowest BCUT2D eigenvalue weighted by Crippen LogP contribution is -2.34. The first-order valence-corrected chi connectivity index (χ1v) is 8.30. The molecule has 1 aliphatic carbocycles. The molecule has 3 N–H and O–H groups in total. The minimum Gasteiger partial charge on any atom is -0.484 e. The number of benzene rings is 2. The first-order valence-electron chi connectivity index (χ1n) is 8.30. The predicted molar refractivity (Wildman–Crippen MR) is 98.9 cm³/mol. The Labute approximate surface area is 161 Å². The lowest BCUT2D eigenvalue weighted by Gasteiger charge is -2.26. The van der Waals surface area contributed by atoms with E-state index < -0.39 is 11.7 Å². The fraction of sp³-hybridized carbons (Fsp3) is 0.316. The molecule has 0 aromatic heterocycles. The van der Waals surface area contributed by atoms with E-state index in [1.165, 1.54) is 12.1 Å². The number of halogens is 4. The number of nitrogens with two attached hydrogens (primary N) is 1. The summed E-state index contributed by atoms with van der Waals surface area (Å²) in [6.45, 7) is -0.345. The van der Waals surface area contributed by atoms with Gasteiger partial charge in [0.2, 0.25) is 0 Å². The Morgan fingerprint density at radius 2 is 2.00 bits per heavy atom. The van der Waals surface area contributed by atoms with Gasteiger partial charge in [0.25, 0.3) is 5.91 Å². The Morgan fingerprint density at radius 3 is 2.74 bits per heavy atom. The van der Waals surface area contributed by atoms with Crippen molar-refractivity contribution < 1.29 is 22.7 Å². The summed E-state index contributed by atoms with van der Waals surface area (Å²) in [5, 5.41) is 2.88. The number of hydrogen-bond donors (Lipinski definition) is 2. The highest BCUT2D eigenvalue weighted by Gasteiger charge is 2.30. The van der Waals surface area contributed by atoms with Crippen molar-refractivity contribution in [1.82, 2.24) is 5.32 Å². The van der Waals surface area contributed by atoms with Gasteiger partial charge in [0.1, 0.15) is 5.75 Å². The molecular formula is C19H20ClF3N2O2. The second-order valence-corrected chi connectivity index (χ2v) is 6.28. The molecule has 1 unspecified atom stereocenters. The third kappa shape index (κ3) is 5.29. The normalized spacial score (nSPS) is 16.0. The van der Waals surface area contributed by atoms with E-state index in [1.54, 1.807) is 6.07 Å². The van der Waals surface area contributed by atoms with E-state index in [2.05, 4.69) is 5.32 Å². The van der Waals surface area contributed by atoms with Crippen molar-refractivity contribution in [2.24, 2.45) is 0 Å². The molecule has 0 bridgehead atoms. The smallest absolute Gasteiger partial charge is 0.416 e. The van der Waals surface area contributed by atoms with Crippen LogP contribution in [0.1, 0.15) is 35.6 Å². The van der Waals surface area contributed by atoms with Crippen LogP contribution in [-0.4, -0.2) is 12.5 Å². The van der Waals surface area contributed by atoms with Crippen molar-refractivity contribution in [2.45, 2.75) is 31.5 Å². The summed E-state index contributed by atoms with van der Waals surface area (Å²) >= 11 is 0. The number of carbonyl (C=O) groups is 1. The zero-order chi connectivity index (χ0) is 18.7. The molecule has 0 radical (unpaired) electrons. The zero-order valence-corrected chi connectivity index (χ0v) is 15.2. The van der Waals surface area contributed by atoms with Gasteiger partial charge >= 0.3 is 6.18 Å². The minimum absolute atomic E-state index is 0. The highest BCUT2D eigenvalue weighted by atomic mass is 35.5. The van der Waals surface area contributed by atoms with Crippen molar-refractivity contribution in [3.8, 4) is 5.75 Å². The molecule has 0 fully saturated rings. The van der Waals surface area contributed by atoms with Gasteiger partial charge < -0.3 is 15.8 Å². The number of alkyl halides is 3. The van der Waals surface area contributed by atoms with Crippen molar-refractivity contribution in [3.05, 3.63) is 59.2 Å². The average Bonchev–Trinajstić information content (AvgIpc) is 2.59. The molecule has 4 nitrogen and oxygen atoms in total. The van der Waals surface area contributed by atoms with Gasteiger partial charge in [0.15, 0.2) is 6.61 Å².